The summed E-state index contributed by atoms with van der Waals surface area (Å²) in [4.78, 5) is 0. The van der Waals surface area contributed by atoms with Crippen LogP contribution < -0.4 is 0 Å². The van der Waals surface area contributed by atoms with Crippen LogP contribution in [0.3, 0.4) is 0 Å². The predicted molar refractivity (Wildman–Crippen MR) is 14.2 cm³/mol. The number of hydrogen-bond donors (Lipinski definition) is 2. The molecule has 0 spiro atoms. The Labute approximate surface area is 66.0 Å². The van der Waals surface area contributed by atoms with Gasteiger partial charge in [-0.15, -0.1) is 0 Å². The molecular formula is H2FeMoO4S. The summed E-state index contributed by atoms with van der Waals surface area (Å²) >= 11 is 0. The van der Waals surface area contributed by atoms with Crippen LogP contribution in [0.4, 0.5) is 0 Å². The van der Waals surface area contributed by atoms with Crippen LogP contribution in [0.2, 0.25) is 0 Å². The summed E-state index contributed by atoms with van der Waals surface area (Å²) < 4.78 is 31.6. The van der Waals surface area contributed by atoms with Gasteiger partial charge in [-0.05, 0) is 0 Å². The molecule has 0 unspecified atom stereocenters. The fourth-order valence-corrected chi connectivity index (χ4v) is 0. The van der Waals surface area contributed by atoms with Crippen molar-refractivity contribution in [1.82, 2.24) is 0 Å². The minimum Gasteiger partial charge on any atom is -0.264 e. The van der Waals surface area contributed by atoms with Crippen molar-refractivity contribution in [2.24, 2.45) is 0 Å². The second kappa shape index (κ2) is 5.22. The molecule has 0 rings (SSSR count). The van der Waals surface area contributed by atoms with Gasteiger partial charge in [-0.1, -0.05) is 0 Å². The fraction of sp³-hybridized carbons (Fsp3) is 0. The van der Waals surface area contributed by atoms with Crippen molar-refractivity contribution in [2.45, 2.75) is 0 Å². The molecule has 0 radical (unpaired) electrons. The maximum Gasteiger partial charge on any atom is 0.394 e. The number of rotatable bonds is 0. The smallest absolute Gasteiger partial charge is 0.264 e. The maximum absolute atomic E-state index is 8.74. The van der Waals surface area contributed by atoms with Gasteiger partial charge >= 0.3 is 10.4 Å². The number of hydrogen-bond acceptors (Lipinski definition) is 2. The summed E-state index contributed by atoms with van der Waals surface area (Å²) in [5.74, 6) is 0. The summed E-state index contributed by atoms with van der Waals surface area (Å²) in [6.45, 7) is 0. The topological polar surface area (TPSA) is 74.6 Å². The van der Waals surface area contributed by atoms with Crippen LogP contribution in [0.25, 0.3) is 0 Å². The van der Waals surface area contributed by atoms with E-state index in [0.717, 1.165) is 0 Å². The summed E-state index contributed by atoms with van der Waals surface area (Å²) in [6.07, 6.45) is 0. The Balaban J connectivity index is -0.0000000800. The Morgan fingerprint density at radius 2 is 1.14 bits per heavy atom. The quantitative estimate of drug-likeness (QED) is 0.442. The van der Waals surface area contributed by atoms with E-state index in [1.165, 1.54) is 0 Å². The molecule has 7 heavy (non-hydrogen) atoms. The first-order valence-corrected chi connectivity index (χ1v) is 2.10. The molecule has 0 saturated carbocycles. The first kappa shape index (κ1) is 15.7. The standard InChI is InChI=1S/Fe.Mo.H2O4S/c;;1-5(2,3)4/h;;(H2,1,2,3,4). The first-order valence-electron chi connectivity index (χ1n) is 0.698. The molecule has 0 aromatic rings. The molecule has 7 heteroatoms. The van der Waals surface area contributed by atoms with Gasteiger partial charge in [-0.2, -0.15) is 8.42 Å². The zero-order valence-corrected chi connectivity index (χ0v) is 6.81. The molecule has 4 nitrogen and oxygen atoms in total. The van der Waals surface area contributed by atoms with Gasteiger partial charge in [0.2, 0.25) is 0 Å². The second-order valence-corrected chi connectivity index (χ2v) is 1.34. The summed E-state index contributed by atoms with van der Waals surface area (Å²) in [5, 5.41) is 0. The monoisotopic (exact) mass is 252 g/mol. The third kappa shape index (κ3) is 157. The second-order valence-electron chi connectivity index (χ2n) is 0.448. The zero-order chi connectivity index (χ0) is 4.50. The third-order valence-electron chi connectivity index (χ3n) is 0. The molecule has 0 aromatic heterocycles. The third-order valence-corrected chi connectivity index (χ3v) is 0. The Morgan fingerprint density at radius 3 is 1.14 bits per heavy atom. The van der Waals surface area contributed by atoms with Gasteiger partial charge in [0.05, 0.1) is 0 Å². The van der Waals surface area contributed by atoms with Crippen molar-refractivity contribution in [1.29, 1.82) is 0 Å². The molecule has 2 N–H and O–H groups in total. The Morgan fingerprint density at radius 1 is 1.14 bits per heavy atom. The van der Waals surface area contributed by atoms with Gasteiger partial charge in [-0.3, -0.25) is 9.11 Å². The molecule has 0 bridgehead atoms. The van der Waals surface area contributed by atoms with Gasteiger partial charge < -0.3 is 0 Å². The van der Waals surface area contributed by atoms with E-state index in [0.29, 0.717) is 0 Å². The van der Waals surface area contributed by atoms with Crippen molar-refractivity contribution < 1.29 is 55.7 Å². The minimum atomic E-state index is -4.67. The van der Waals surface area contributed by atoms with Crippen LogP contribution in [-0.2, 0) is 48.5 Å². The van der Waals surface area contributed by atoms with Gasteiger partial charge in [0.25, 0.3) is 0 Å². The molecule has 0 heterocycles. The summed E-state index contributed by atoms with van der Waals surface area (Å²) in [5.41, 5.74) is 0. The van der Waals surface area contributed by atoms with Crippen molar-refractivity contribution in [3.8, 4) is 0 Å². The van der Waals surface area contributed by atoms with Crippen LogP contribution in [0.5, 0.6) is 0 Å². The van der Waals surface area contributed by atoms with Gasteiger partial charge in [0, 0.05) is 38.1 Å². The van der Waals surface area contributed by atoms with E-state index in [2.05, 4.69) is 0 Å². The molecule has 0 aliphatic carbocycles. The molecule has 0 saturated heterocycles. The molecular weight excluding hydrogens is 248 g/mol. The molecule has 0 fully saturated rings. The summed E-state index contributed by atoms with van der Waals surface area (Å²) in [7, 11) is -4.67. The predicted octanol–water partition coefficient (Wildman–Crippen LogP) is -0.658. The van der Waals surface area contributed by atoms with Gasteiger partial charge in [0.1, 0.15) is 0 Å². The van der Waals surface area contributed by atoms with E-state index < -0.39 is 10.4 Å². The molecule has 0 atom stereocenters. The van der Waals surface area contributed by atoms with Crippen LogP contribution >= 0.6 is 0 Å². The van der Waals surface area contributed by atoms with E-state index >= 15 is 0 Å². The Bertz CT molecular complexity index is 94.9. The first-order chi connectivity index (χ1) is 2.00. The van der Waals surface area contributed by atoms with Gasteiger partial charge in [0.15, 0.2) is 0 Å². The molecule has 0 aliphatic rings. The average molecular weight is 250 g/mol. The molecule has 46 valence electrons. The average Bonchev–Trinajstić information content (AvgIpc) is 0.722. The van der Waals surface area contributed by atoms with Crippen molar-refractivity contribution in [2.75, 3.05) is 0 Å². The van der Waals surface area contributed by atoms with Crippen molar-refractivity contribution in [3.63, 3.8) is 0 Å². The Kier molecular flexibility index (Phi) is 11.7. The van der Waals surface area contributed by atoms with Crippen molar-refractivity contribution >= 4 is 10.4 Å². The van der Waals surface area contributed by atoms with Crippen LogP contribution in [0.15, 0.2) is 0 Å². The van der Waals surface area contributed by atoms with E-state index in [9.17, 15) is 0 Å². The van der Waals surface area contributed by atoms with Crippen molar-refractivity contribution in [3.05, 3.63) is 0 Å². The summed E-state index contributed by atoms with van der Waals surface area (Å²) in [6, 6.07) is 0. The fourth-order valence-electron chi connectivity index (χ4n) is 0. The largest absolute Gasteiger partial charge is 0.394 e. The van der Waals surface area contributed by atoms with E-state index in [4.69, 9.17) is 17.5 Å². The van der Waals surface area contributed by atoms with Crippen LogP contribution in [0, 0.1) is 0 Å². The SMILES string of the molecule is O=S(=O)(O)O.[Fe].[Mo]. The van der Waals surface area contributed by atoms with E-state index in [1.54, 1.807) is 0 Å². The van der Waals surface area contributed by atoms with E-state index in [1.807, 2.05) is 0 Å². The molecule has 0 aromatic carbocycles. The molecule has 0 amide bonds. The van der Waals surface area contributed by atoms with E-state index in [-0.39, 0.29) is 38.1 Å². The normalized spacial score (nSPS) is 8.29. The maximum atomic E-state index is 8.74. The van der Waals surface area contributed by atoms with Crippen LogP contribution in [-0.4, -0.2) is 17.5 Å². The van der Waals surface area contributed by atoms with Crippen LogP contribution in [0.1, 0.15) is 0 Å². The van der Waals surface area contributed by atoms with Gasteiger partial charge in [-0.25, -0.2) is 0 Å². The molecule has 0 aliphatic heterocycles. The minimum absolute atomic E-state index is 0. The Hall–Kier alpha value is 1.08. The zero-order valence-electron chi connectivity index (χ0n) is 2.88.